The van der Waals surface area contributed by atoms with Crippen LogP contribution in [0.4, 0.5) is 0 Å². The standard InChI is InChI=1S/C20H29NO3/c1-15(2)12-16-5-7-18(8-6-16)19(23)9-10-20(24)21-11-3-4-17(13-21)14-22/h5-8,15,17,22H,3-4,9-14H2,1-2H3. The molecule has 0 radical (unpaired) electrons. The normalized spacial score (nSPS) is 18.0. The minimum Gasteiger partial charge on any atom is -0.396 e. The Balaban J connectivity index is 1.82. The van der Waals surface area contributed by atoms with Crippen molar-refractivity contribution >= 4 is 11.7 Å². The van der Waals surface area contributed by atoms with Gasteiger partial charge in [-0.3, -0.25) is 9.59 Å². The number of amides is 1. The summed E-state index contributed by atoms with van der Waals surface area (Å²) in [6.07, 6.45) is 3.42. The van der Waals surface area contributed by atoms with Gasteiger partial charge in [-0.15, -0.1) is 0 Å². The van der Waals surface area contributed by atoms with Gasteiger partial charge < -0.3 is 10.0 Å². The molecule has 0 aromatic heterocycles. The zero-order chi connectivity index (χ0) is 17.5. The number of carbonyl (C=O) groups excluding carboxylic acids is 2. The molecule has 1 aliphatic heterocycles. The highest BCUT2D eigenvalue weighted by molar-refractivity contribution is 5.98. The van der Waals surface area contributed by atoms with Crippen molar-refractivity contribution in [2.24, 2.45) is 11.8 Å². The van der Waals surface area contributed by atoms with Crippen LogP contribution in [-0.4, -0.2) is 41.4 Å². The third kappa shape index (κ3) is 5.45. The van der Waals surface area contributed by atoms with Crippen molar-refractivity contribution in [1.29, 1.82) is 0 Å². The highest BCUT2D eigenvalue weighted by atomic mass is 16.3. The summed E-state index contributed by atoms with van der Waals surface area (Å²) < 4.78 is 0. The molecule has 1 N–H and O–H groups in total. The fourth-order valence-electron chi connectivity index (χ4n) is 3.26. The largest absolute Gasteiger partial charge is 0.396 e. The van der Waals surface area contributed by atoms with E-state index in [1.165, 1.54) is 5.56 Å². The van der Waals surface area contributed by atoms with Gasteiger partial charge in [0.2, 0.25) is 5.91 Å². The number of likely N-dealkylation sites (tertiary alicyclic amines) is 1. The maximum absolute atomic E-state index is 12.3. The summed E-state index contributed by atoms with van der Waals surface area (Å²) in [5.74, 6) is 0.830. The van der Waals surface area contributed by atoms with Gasteiger partial charge in [0.05, 0.1) is 0 Å². The van der Waals surface area contributed by atoms with E-state index >= 15 is 0 Å². The van der Waals surface area contributed by atoms with Crippen molar-refractivity contribution in [1.82, 2.24) is 4.90 Å². The number of aliphatic hydroxyl groups excluding tert-OH is 1. The first kappa shape index (κ1) is 18.7. The van der Waals surface area contributed by atoms with Gasteiger partial charge in [-0.1, -0.05) is 38.1 Å². The van der Waals surface area contributed by atoms with Crippen LogP contribution in [-0.2, 0) is 11.2 Å². The van der Waals surface area contributed by atoms with Crippen LogP contribution in [0.15, 0.2) is 24.3 Å². The van der Waals surface area contributed by atoms with E-state index in [0.717, 1.165) is 25.8 Å². The minimum atomic E-state index is 0.0233. The van der Waals surface area contributed by atoms with Gasteiger partial charge in [0.15, 0.2) is 5.78 Å². The smallest absolute Gasteiger partial charge is 0.223 e. The van der Waals surface area contributed by atoms with E-state index in [0.29, 0.717) is 18.0 Å². The van der Waals surface area contributed by atoms with Gasteiger partial charge in [-0.05, 0) is 36.7 Å². The number of hydrogen-bond acceptors (Lipinski definition) is 3. The molecule has 1 aliphatic rings. The second-order valence-electron chi connectivity index (χ2n) is 7.25. The van der Waals surface area contributed by atoms with Crippen molar-refractivity contribution in [3.8, 4) is 0 Å². The highest BCUT2D eigenvalue weighted by Crippen LogP contribution is 2.18. The topological polar surface area (TPSA) is 57.6 Å². The Bertz CT molecular complexity index is 551. The van der Waals surface area contributed by atoms with Gasteiger partial charge in [0, 0.05) is 38.1 Å². The monoisotopic (exact) mass is 331 g/mol. The second kappa shape index (κ2) is 8.97. The lowest BCUT2D eigenvalue weighted by atomic mass is 9.97. The zero-order valence-corrected chi connectivity index (χ0v) is 14.8. The Hall–Kier alpha value is -1.68. The molecule has 1 atom stereocenters. The molecular weight excluding hydrogens is 302 g/mol. The fraction of sp³-hybridized carbons (Fsp3) is 0.600. The molecule has 1 heterocycles. The van der Waals surface area contributed by atoms with E-state index in [-0.39, 0.29) is 37.1 Å². The summed E-state index contributed by atoms with van der Waals surface area (Å²) in [6.45, 7) is 5.84. The quantitative estimate of drug-likeness (QED) is 0.781. The molecule has 1 unspecified atom stereocenters. The van der Waals surface area contributed by atoms with E-state index in [2.05, 4.69) is 13.8 Å². The van der Waals surface area contributed by atoms with Crippen molar-refractivity contribution in [2.45, 2.75) is 46.0 Å². The first-order valence-corrected chi connectivity index (χ1v) is 9.00. The van der Waals surface area contributed by atoms with Gasteiger partial charge in [-0.25, -0.2) is 0 Å². The Morgan fingerprint density at radius 1 is 1.21 bits per heavy atom. The fourth-order valence-corrected chi connectivity index (χ4v) is 3.26. The maximum atomic E-state index is 12.3. The number of Topliss-reactive ketones (excluding diaryl/α,β-unsaturated/α-hetero) is 1. The molecule has 0 spiro atoms. The number of aliphatic hydroxyl groups is 1. The lowest BCUT2D eigenvalue weighted by Crippen LogP contribution is -2.41. The summed E-state index contributed by atoms with van der Waals surface area (Å²) >= 11 is 0. The molecule has 1 aromatic carbocycles. The van der Waals surface area contributed by atoms with E-state index < -0.39 is 0 Å². The average molecular weight is 331 g/mol. The van der Waals surface area contributed by atoms with Gasteiger partial charge >= 0.3 is 0 Å². The van der Waals surface area contributed by atoms with Crippen molar-refractivity contribution in [2.75, 3.05) is 19.7 Å². The highest BCUT2D eigenvalue weighted by Gasteiger charge is 2.23. The number of carbonyl (C=O) groups is 2. The van der Waals surface area contributed by atoms with E-state index in [1.807, 2.05) is 24.3 Å². The van der Waals surface area contributed by atoms with Crippen LogP contribution in [0.2, 0.25) is 0 Å². The molecule has 4 nitrogen and oxygen atoms in total. The molecule has 1 saturated heterocycles. The van der Waals surface area contributed by atoms with Crippen LogP contribution in [0.25, 0.3) is 0 Å². The van der Waals surface area contributed by atoms with E-state index in [1.54, 1.807) is 4.90 Å². The van der Waals surface area contributed by atoms with Gasteiger partial charge in [0.1, 0.15) is 0 Å². The predicted molar refractivity (Wildman–Crippen MR) is 94.9 cm³/mol. The number of hydrogen-bond donors (Lipinski definition) is 1. The van der Waals surface area contributed by atoms with Gasteiger partial charge in [-0.2, -0.15) is 0 Å². The van der Waals surface area contributed by atoms with Gasteiger partial charge in [0.25, 0.3) is 0 Å². The number of benzene rings is 1. The van der Waals surface area contributed by atoms with Crippen molar-refractivity contribution < 1.29 is 14.7 Å². The first-order valence-electron chi connectivity index (χ1n) is 9.00. The second-order valence-corrected chi connectivity index (χ2v) is 7.25. The molecular formula is C20H29NO3. The number of ketones is 1. The first-order chi connectivity index (χ1) is 11.5. The third-order valence-electron chi connectivity index (χ3n) is 4.62. The lowest BCUT2D eigenvalue weighted by Gasteiger charge is -2.31. The number of piperidine rings is 1. The molecule has 0 saturated carbocycles. The summed E-state index contributed by atoms with van der Waals surface area (Å²) in [7, 11) is 0. The molecule has 2 rings (SSSR count). The third-order valence-corrected chi connectivity index (χ3v) is 4.62. The SMILES string of the molecule is CC(C)Cc1ccc(C(=O)CCC(=O)N2CCCC(CO)C2)cc1. The van der Waals surface area contributed by atoms with Crippen LogP contribution in [0.5, 0.6) is 0 Å². The average Bonchev–Trinajstić information content (AvgIpc) is 2.59. The molecule has 1 aromatic rings. The van der Waals surface area contributed by atoms with Crippen molar-refractivity contribution in [3.05, 3.63) is 35.4 Å². The molecule has 0 aliphatic carbocycles. The maximum Gasteiger partial charge on any atom is 0.223 e. The van der Waals surface area contributed by atoms with Crippen LogP contribution in [0, 0.1) is 11.8 Å². The Labute approximate surface area is 144 Å². The van der Waals surface area contributed by atoms with Crippen LogP contribution in [0.3, 0.4) is 0 Å². The van der Waals surface area contributed by atoms with Crippen molar-refractivity contribution in [3.63, 3.8) is 0 Å². The van der Waals surface area contributed by atoms with Crippen LogP contribution in [0.1, 0.15) is 55.5 Å². The number of nitrogens with zero attached hydrogens (tertiary/aromatic N) is 1. The van der Waals surface area contributed by atoms with E-state index in [4.69, 9.17) is 0 Å². The Kier molecular flexibility index (Phi) is 6.98. The summed E-state index contributed by atoms with van der Waals surface area (Å²) in [4.78, 5) is 26.3. The van der Waals surface area contributed by atoms with Crippen LogP contribution >= 0.6 is 0 Å². The molecule has 4 heteroatoms. The summed E-state index contributed by atoms with van der Waals surface area (Å²) in [5.41, 5.74) is 1.92. The molecule has 1 amide bonds. The summed E-state index contributed by atoms with van der Waals surface area (Å²) in [6, 6.07) is 7.75. The molecule has 1 fully saturated rings. The minimum absolute atomic E-state index is 0.0233. The Morgan fingerprint density at radius 2 is 1.92 bits per heavy atom. The molecule has 0 bridgehead atoms. The molecule has 132 valence electrons. The summed E-state index contributed by atoms with van der Waals surface area (Å²) in [5, 5.41) is 9.24. The zero-order valence-electron chi connectivity index (χ0n) is 14.8. The van der Waals surface area contributed by atoms with E-state index in [9.17, 15) is 14.7 Å². The number of rotatable bonds is 7. The Morgan fingerprint density at radius 3 is 2.54 bits per heavy atom. The molecule has 24 heavy (non-hydrogen) atoms. The predicted octanol–water partition coefficient (Wildman–Crippen LogP) is 3.08. The lowest BCUT2D eigenvalue weighted by molar-refractivity contribution is -0.133. The van der Waals surface area contributed by atoms with Crippen LogP contribution < -0.4 is 0 Å².